The van der Waals surface area contributed by atoms with Gasteiger partial charge in [-0.05, 0) is 58.4 Å². The van der Waals surface area contributed by atoms with Crippen molar-refractivity contribution in [2.45, 2.75) is 46.1 Å². The molecule has 4 heteroatoms. The number of anilines is 1. The minimum Gasteiger partial charge on any atom is -0.397 e. The predicted molar refractivity (Wildman–Crippen MR) is 105 cm³/mol. The van der Waals surface area contributed by atoms with E-state index < -0.39 is 0 Å². The number of likely N-dealkylation sites (tertiary alicyclic amines) is 1. The molecule has 1 aliphatic heterocycles. The van der Waals surface area contributed by atoms with Crippen molar-refractivity contribution in [3.05, 3.63) is 47.4 Å². The highest BCUT2D eigenvalue weighted by Gasteiger charge is 2.18. The van der Waals surface area contributed by atoms with E-state index in [-0.39, 0.29) is 0 Å². The van der Waals surface area contributed by atoms with Gasteiger partial charge in [-0.25, -0.2) is 0 Å². The highest BCUT2D eigenvalue weighted by atomic mass is 15.2. The van der Waals surface area contributed by atoms with Crippen molar-refractivity contribution in [2.24, 2.45) is 0 Å². The summed E-state index contributed by atoms with van der Waals surface area (Å²) in [7, 11) is 0. The van der Waals surface area contributed by atoms with Crippen LogP contribution in [-0.4, -0.2) is 34.0 Å². The quantitative estimate of drug-likeness (QED) is 0.904. The summed E-state index contributed by atoms with van der Waals surface area (Å²) in [6.45, 7) is 8.83. The first kappa shape index (κ1) is 17.6. The summed E-state index contributed by atoms with van der Waals surface area (Å²) in [4.78, 5) is 11.6. The van der Waals surface area contributed by atoms with E-state index in [1.807, 2.05) is 24.4 Å². The first-order valence-electron chi connectivity index (χ1n) is 9.13. The molecule has 1 atom stereocenters. The topological polar surface area (TPSA) is 55.0 Å². The molecule has 1 fully saturated rings. The number of nitrogens with two attached hydrogens (primary N) is 1. The van der Waals surface area contributed by atoms with E-state index in [0.717, 1.165) is 29.1 Å². The zero-order valence-electron chi connectivity index (χ0n) is 15.5. The van der Waals surface area contributed by atoms with Gasteiger partial charge in [-0.1, -0.05) is 18.1 Å². The fraction of sp³-hybridized carbons (Fsp3) is 0.429. The number of hydrogen-bond donors (Lipinski definition) is 1. The van der Waals surface area contributed by atoms with Crippen molar-refractivity contribution in [1.29, 1.82) is 0 Å². The van der Waals surface area contributed by atoms with Crippen LogP contribution in [0.25, 0.3) is 17.3 Å². The van der Waals surface area contributed by atoms with Crippen LogP contribution in [0.3, 0.4) is 0 Å². The normalized spacial score (nSPS) is 19.2. The monoisotopic (exact) mass is 336 g/mol. The molecule has 0 spiro atoms. The lowest BCUT2D eigenvalue weighted by atomic mass is 9.99. The third-order valence-corrected chi connectivity index (χ3v) is 5.04. The van der Waals surface area contributed by atoms with Crippen LogP contribution in [0.4, 0.5) is 5.69 Å². The molecular formula is C21H28N4. The largest absolute Gasteiger partial charge is 0.397 e. The molecule has 1 unspecified atom stereocenters. The molecule has 4 nitrogen and oxygen atoms in total. The van der Waals surface area contributed by atoms with Gasteiger partial charge in [0.15, 0.2) is 0 Å². The Labute approximate surface area is 150 Å². The van der Waals surface area contributed by atoms with E-state index in [4.69, 9.17) is 5.73 Å². The van der Waals surface area contributed by atoms with Crippen molar-refractivity contribution in [3.63, 3.8) is 0 Å². The summed E-state index contributed by atoms with van der Waals surface area (Å²) in [6, 6.07) is 6.58. The molecule has 3 heterocycles. The Morgan fingerprint density at radius 2 is 2.12 bits per heavy atom. The van der Waals surface area contributed by atoms with Crippen molar-refractivity contribution in [1.82, 2.24) is 14.9 Å². The number of aryl methyl sites for hydroxylation is 1. The van der Waals surface area contributed by atoms with E-state index in [2.05, 4.69) is 41.7 Å². The Morgan fingerprint density at radius 1 is 1.28 bits per heavy atom. The number of hydrogen-bond acceptors (Lipinski definition) is 4. The predicted octanol–water partition coefficient (Wildman–Crippen LogP) is 4.31. The van der Waals surface area contributed by atoms with E-state index in [0.29, 0.717) is 11.7 Å². The maximum atomic E-state index is 5.78. The highest BCUT2D eigenvalue weighted by Crippen LogP contribution is 2.27. The summed E-state index contributed by atoms with van der Waals surface area (Å²) >= 11 is 0. The van der Waals surface area contributed by atoms with Crippen LogP contribution in [-0.2, 0) is 0 Å². The van der Waals surface area contributed by atoms with Crippen LogP contribution in [0.2, 0.25) is 0 Å². The third kappa shape index (κ3) is 4.26. The molecule has 2 aromatic rings. The smallest absolute Gasteiger partial charge is 0.0710 e. The van der Waals surface area contributed by atoms with Gasteiger partial charge in [0, 0.05) is 35.6 Å². The maximum absolute atomic E-state index is 5.78. The van der Waals surface area contributed by atoms with Crippen molar-refractivity contribution < 1.29 is 0 Å². The summed E-state index contributed by atoms with van der Waals surface area (Å²) in [6.07, 6.45) is 9.80. The van der Waals surface area contributed by atoms with Crippen molar-refractivity contribution in [2.75, 3.05) is 18.8 Å². The second kappa shape index (κ2) is 7.79. The van der Waals surface area contributed by atoms with Gasteiger partial charge >= 0.3 is 0 Å². The lowest BCUT2D eigenvalue weighted by molar-refractivity contribution is 0.175. The van der Waals surface area contributed by atoms with Crippen LogP contribution in [0.15, 0.2) is 36.2 Å². The molecule has 1 aliphatic rings. The molecule has 0 saturated carbocycles. The van der Waals surface area contributed by atoms with E-state index in [9.17, 15) is 0 Å². The molecule has 0 aromatic carbocycles. The molecule has 2 aromatic heterocycles. The van der Waals surface area contributed by atoms with Gasteiger partial charge in [-0.3, -0.25) is 14.9 Å². The molecule has 2 N–H and O–H groups in total. The van der Waals surface area contributed by atoms with Gasteiger partial charge in [0.1, 0.15) is 0 Å². The van der Waals surface area contributed by atoms with Crippen LogP contribution in [0, 0.1) is 6.92 Å². The average Bonchev–Trinajstić information content (AvgIpc) is 2.60. The zero-order chi connectivity index (χ0) is 17.8. The van der Waals surface area contributed by atoms with Crippen LogP contribution in [0.1, 0.15) is 44.4 Å². The number of nitrogen functional groups attached to an aromatic ring is 1. The third-order valence-electron chi connectivity index (χ3n) is 5.04. The second-order valence-electron chi connectivity index (χ2n) is 7.14. The molecule has 25 heavy (non-hydrogen) atoms. The highest BCUT2D eigenvalue weighted by molar-refractivity contribution is 5.75. The zero-order valence-corrected chi connectivity index (χ0v) is 15.5. The fourth-order valence-corrected chi connectivity index (χ4v) is 3.55. The van der Waals surface area contributed by atoms with Crippen LogP contribution < -0.4 is 5.73 Å². The van der Waals surface area contributed by atoms with Crippen LogP contribution >= 0.6 is 0 Å². The fourth-order valence-electron chi connectivity index (χ4n) is 3.55. The minimum atomic E-state index is 0.672. The van der Waals surface area contributed by atoms with Gasteiger partial charge in [-0.2, -0.15) is 0 Å². The Kier molecular flexibility index (Phi) is 5.49. The second-order valence-corrected chi connectivity index (χ2v) is 7.14. The number of rotatable bonds is 4. The Hall–Kier alpha value is -2.20. The first-order chi connectivity index (χ1) is 12.0. The molecule has 0 aliphatic carbocycles. The standard InChI is InChI=1S/C21H28N4/c1-15(14-25-11-5-4-6-16(25)2)12-20-17(3)23-10-9-19(20)21-8-7-18(22)13-24-21/h7-10,12-13,16H,4-6,11,14,22H2,1-3H3/b15-12+. The Morgan fingerprint density at radius 3 is 2.84 bits per heavy atom. The molecule has 3 rings (SSSR count). The summed E-state index contributed by atoms with van der Waals surface area (Å²) in [5.74, 6) is 0. The molecule has 0 amide bonds. The van der Waals surface area contributed by atoms with Gasteiger partial charge in [-0.15, -0.1) is 0 Å². The van der Waals surface area contributed by atoms with Gasteiger partial charge in [0.05, 0.1) is 17.6 Å². The minimum absolute atomic E-state index is 0.672. The Balaban J connectivity index is 1.89. The number of aromatic nitrogens is 2. The van der Waals surface area contributed by atoms with Crippen LogP contribution in [0.5, 0.6) is 0 Å². The molecule has 1 saturated heterocycles. The number of pyridine rings is 2. The molecular weight excluding hydrogens is 308 g/mol. The summed E-state index contributed by atoms with van der Waals surface area (Å²) in [5.41, 5.74) is 12.1. The maximum Gasteiger partial charge on any atom is 0.0710 e. The van der Waals surface area contributed by atoms with Gasteiger partial charge < -0.3 is 5.73 Å². The lowest BCUT2D eigenvalue weighted by Crippen LogP contribution is -2.38. The van der Waals surface area contributed by atoms with Gasteiger partial charge in [0.2, 0.25) is 0 Å². The SMILES string of the molecule is C/C(=C\c1c(-c2ccc(N)cn2)ccnc1C)CN1CCCCC1C. The molecule has 132 valence electrons. The van der Waals surface area contributed by atoms with E-state index >= 15 is 0 Å². The number of nitrogens with zero attached hydrogens (tertiary/aromatic N) is 3. The van der Waals surface area contributed by atoms with Gasteiger partial charge in [0.25, 0.3) is 0 Å². The van der Waals surface area contributed by atoms with Crippen molar-refractivity contribution in [3.8, 4) is 11.3 Å². The lowest BCUT2D eigenvalue weighted by Gasteiger charge is -2.33. The molecule has 0 radical (unpaired) electrons. The summed E-state index contributed by atoms with van der Waals surface area (Å²) < 4.78 is 0. The molecule has 0 bridgehead atoms. The van der Waals surface area contributed by atoms with E-state index in [1.165, 1.54) is 31.4 Å². The van der Waals surface area contributed by atoms with E-state index in [1.54, 1.807) is 6.20 Å². The average molecular weight is 336 g/mol. The summed E-state index contributed by atoms with van der Waals surface area (Å²) in [5, 5.41) is 0. The first-order valence-corrected chi connectivity index (χ1v) is 9.13. The van der Waals surface area contributed by atoms with Crippen molar-refractivity contribution >= 4 is 11.8 Å². The Bertz CT molecular complexity index is 749. The number of piperidine rings is 1.